The van der Waals surface area contributed by atoms with Crippen LogP contribution in [0.1, 0.15) is 24.2 Å². The first-order chi connectivity index (χ1) is 11.6. The summed E-state index contributed by atoms with van der Waals surface area (Å²) in [5.41, 5.74) is 4.40. The maximum atomic E-state index is 10.0. The van der Waals surface area contributed by atoms with Gasteiger partial charge in [-0.2, -0.15) is 0 Å². The molecule has 0 aliphatic rings. The van der Waals surface area contributed by atoms with Crippen LogP contribution >= 0.6 is 0 Å². The van der Waals surface area contributed by atoms with Gasteiger partial charge in [-0.05, 0) is 37.6 Å². The molecule has 0 saturated heterocycles. The van der Waals surface area contributed by atoms with Crippen molar-refractivity contribution in [2.24, 2.45) is 4.99 Å². The van der Waals surface area contributed by atoms with E-state index >= 15 is 0 Å². The summed E-state index contributed by atoms with van der Waals surface area (Å²) in [6, 6.07) is 15.6. The fraction of sp³-hybridized carbons (Fsp3) is 0.263. The second kappa shape index (κ2) is 6.45. The third-order valence-corrected chi connectivity index (χ3v) is 4.44. The Morgan fingerprint density at radius 1 is 1.17 bits per heavy atom. The molecular weight excluding hydrogens is 300 g/mol. The van der Waals surface area contributed by atoms with Crippen molar-refractivity contribution in [3.8, 4) is 0 Å². The van der Waals surface area contributed by atoms with Crippen molar-refractivity contribution in [1.29, 1.82) is 5.41 Å². The fourth-order valence-corrected chi connectivity index (χ4v) is 3.24. The third-order valence-electron chi connectivity index (χ3n) is 4.44. The second-order valence-electron chi connectivity index (χ2n) is 5.86. The van der Waals surface area contributed by atoms with Crippen molar-refractivity contribution in [2.75, 3.05) is 13.7 Å². The maximum absolute atomic E-state index is 10.0. The Morgan fingerprint density at radius 2 is 1.88 bits per heavy atom. The van der Waals surface area contributed by atoms with E-state index in [9.17, 15) is 5.11 Å². The molecule has 2 heterocycles. The minimum absolute atomic E-state index is 0.0120. The number of hydrogen-bond acceptors (Lipinski definition) is 3. The van der Waals surface area contributed by atoms with Crippen LogP contribution in [0.5, 0.6) is 0 Å². The fourth-order valence-electron chi connectivity index (χ4n) is 3.24. The topological polar surface area (TPSA) is 66.3 Å². The van der Waals surface area contributed by atoms with E-state index < -0.39 is 0 Å². The zero-order chi connectivity index (χ0) is 17.3. The first-order valence-electron chi connectivity index (χ1n) is 7.96. The summed E-state index contributed by atoms with van der Waals surface area (Å²) in [5.74, 6) is 0.767. The standard InChI is InChI=1S/C19H22N4O/c1-13-11-17-16(9-10-19(20)23(17)14(2)21-3)22(13)18(12-24)15-7-5-4-6-8-15/h4-11,18,20,24H,12H2,1-3H3. The van der Waals surface area contributed by atoms with Gasteiger partial charge in [0.05, 0.1) is 23.7 Å². The van der Waals surface area contributed by atoms with E-state index in [1.54, 1.807) is 13.1 Å². The smallest absolute Gasteiger partial charge is 0.130 e. The average molecular weight is 322 g/mol. The Bertz CT molecular complexity index is 951. The normalized spacial score (nSPS) is 13.4. The van der Waals surface area contributed by atoms with E-state index in [0.29, 0.717) is 5.49 Å². The Balaban J connectivity index is 2.30. The minimum Gasteiger partial charge on any atom is -0.394 e. The van der Waals surface area contributed by atoms with Gasteiger partial charge < -0.3 is 9.67 Å². The van der Waals surface area contributed by atoms with Gasteiger partial charge in [-0.1, -0.05) is 30.3 Å². The molecule has 0 radical (unpaired) electrons. The van der Waals surface area contributed by atoms with Gasteiger partial charge in [-0.3, -0.25) is 15.0 Å². The van der Waals surface area contributed by atoms with Crippen LogP contribution in [0.2, 0.25) is 0 Å². The second-order valence-corrected chi connectivity index (χ2v) is 5.86. The minimum atomic E-state index is -0.160. The molecule has 5 nitrogen and oxygen atoms in total. The van der Waals surface area contributed by atoms with E-state index in [1.165, 1.54) is 0 Å². The van der Waals surface area contributed by atoms with E-state index in [-0.39, 0.29) is 12.6 Å². The largest absolute Gasteiger partial charge is 0.394 e. The summed E-state index contributed by atoms with van der Waals surface area (Å²) >= 11 is 0. The van der Waals surface area contributed by atoms with E-state index in [2.05, 4.69) is 9.56 Å². The highest BCUT2D eigenvalue weighted by atomic mass is 16.3. The predicted octanol–water partition coefficient (Wildman–Crippen LogP) is 2.71. The summed E-state index contributed by atoms with van der Waals surface area (Å²) in [4.78, 5) is 4.23. The number of fused-ring (bicyclic) bond motifs is 1. The molecule has 0 amide bonds. The number of aromatic nitrogens is 2. The predicted molar refractivity (Wildman–Crippen MR) is 96.6 cm³/mol. The van der Waals surface area contributed by atoms with Gasteiger partial charge in [0.25, 0.3) is 0 Å². The molecule has 0 aliphatic carbocycles. The summed E-state index contributed by atoms with van der Waals surface area (Å²) in [6.45, 7) is 3.93. The Morgan fingerprint density at radius 3 is 2.50 bits per heavy atom. The van der Waals surface area contributed by atoms with Gasteiger partial charge in [0.15, 0.2) is 0 Å². The number of nitrogens with zero attached hydrogens (tertiary/aromatic N) is 3. The quantitative estimate of drug-likeness (QED) is 0.565. The van der Waals surface area contributed by atoms with Gasteiger partial charge in [-0.15, -0.1) is 0 Å². The number of aliphatic imine (C=N–C) groups is 1. The van der Waals surface area contributed by atoms with Crippen LogP contribution in [0.4, 0.5) is 0 Å². The molecule has 3 aromatic rings. The molecule has 1 unspecified atom stereocenters. The number of rotatable bonds is 3. The Labute approximate surface area is 141 Å². The van der Waals surface area contributed by atoms with Crippen molar-refractivity contribution in [2.45, 2.75) is 19.9 Å². The monoisotopic (exact) mass is 322 g/mol. The van der Waals surface area contributed by atoms with E-state index in [0.717, 1.165) is 28.1 Å². The van der Waals surface area contributed by atoms with Gasteiger partial charge in [-0.25, -0.2) is 0 Å². The number of nitrogens with one attached hydrogen (secondary N) is 1. The number of aliphatic hydroxyl groups is 1. The lowest BCUT2D eigenvalue weighted by atomic mass is 10.1. The van der Waals surface area contributed by atoms with Crippen molar-refractivity contribution in [1.82, 2.24) is 9.13 Å². The molecule has 0 fully saturated rings. The third kappa shape index (κ3) is 2.57. The molecule has 0 spiro atoms. The lowest BCUT2D eigenvalue weighted by Gasteiger charge is -2.20. The molecule has 3 rings (SSSR count). The molecule has 5 heteroatoms. The van der Waals surface area contributed by atoms with Crippen LogP contribution in [0.3, 0.4) is 0 Å². The van der Waals surface area contributed by atoms with E-state index in [4.69, 9.17) is 5.41 Å². The number of aliphatic hydroxyl groups excluding tert-OH is 1. The van der Waals surface area contributed by atoms with Crippen molar-refractivity contribution in [3.63, 3.8) is 0 Å². The van der Waals surface area contributed by atoms with Gasteiger partial charge in [0.2, 0.25) is 0 Å². The number of aryl methyl sites for hydroxylation is 1. The summed E-state index contributed by atoms with van der Waals surface area (Å²) < 4.78 is 3.96. The molecule has 124 valence electrons. The highest BCUT2D eigenvalue weighted by Crippen LogP contribution is 2.27. The van der Waals surface area contributed by atoms with Gasteiger partial charge in [0, 0.05) is 12.7 Å². The molecule has 0 saturated carbocycles. The van der Waals surface area contributed by atoms with Crippen LogP contribution < -0.4 is 5.49 Å². The molecule has 2 N–H and O–H groups in total. The maximum Gasteiger partial charge on any atom is 0.130 e. The van der Waals surface area contributed by atoms with Crippen LogP contribution in [-0.2, 0) is 0 Å². The van der Waals surface area contributed by atoms with Crippen LogP contribution in [0, 0.1) is 12.3 Å². The molecular formula is C19H22N4O. The van der Waals surface area contributed by atoms with E-state index in [1.807, 2.05) is 60.9 Å². The molecule has 1 atom stereocenters. The van der Waals surface area contributed by atoms with Crippen molar-refractivity contribution >= 4 is 16.9 Å². The zero-order valence-electron chi connectivity index (χ0n) is 14.2. The number of pyridine rings is 1. The van der Waals surface area contributed by atoms with Gasteiger partial charge in [0.1, 0.15) is 11.3 Å². The molecule has 0 aliphatic heterocycles. The first kappa shape index (κ1) is 16.2. The summed E-state index contributed by atoms with van der Waals surface area (Å²) in [5, 5.41) is 18.2. The SMILES string of the molecule is CN=C(C)n1c(=N)ccc2c1cc(C)n2C(CO)c1ccccc1. The Hall–Kier alpha value is -2.66. The van der Waals surface area contributed by atoms with Crippen LogP contribution in [-0.4, -0.2) is 33.7 Å². The molecule has 0 bridgehead atoms. The van der Waals surface area contributed by atoms with Crippen molar-refractivity contribution in [3.05, 3.63) is 65.3 Å². The van der Waals surface area contributed by atoms with Gasteiger partial charge >= 0.3 is 0 Å². The van der Waals surface area contributed by atoms with Crippen molar-refractivity contribution < 1.29 is 5.11 Å². The number of benzene rings is 1. The highest BCUT2D eigenvalue weighted by Gasteiger charge is 2.19. The lowest BCUT2D eigenvalue weighted by molar-refractivity contribution is 0.250. The van der Waals surface area contributed by atoms with Crippen LogP contribution in [0.25, 0.3) is 11.0 Å². The average Bonchev–Trinajstić information content (AvgIpc) is 2.92. The molecule has 24 heavy (non-hydrogen) atoms. The molecule has 2 aromatic heterocycles. The lowest BCUT2D eigenvalue weighted by Crippen LogP contribution is -2.25. The summed E-state index contributed by atoms with van der Waals surface area (Å²) in [7, 11) is 1.73. The highest BCUT2D eigenvalue weighted by molar-refractivity contribution is 5.92. The first-order valence-corrected chi connectivity index (χ1v) is 7.96. The van der Waals surface area contributed by atoms with Crippen LogP contribution in [0.15, 0.2) is 53.5 Å². The molecule has 1 aromatic carbocycles. The number of hydrogen-bond donors (Lipinski definition) is 2. The Kier molecular flexibility index (Phi) is 4.36. The zero-order valence-corrected chi connectivity index (χ0v) is 14.2. The summed E-state index contributed by atoms with van der Waals surface area (Å²) in [6.07, 6.45) is 0.